The van der Waals surface area contributed by atoms with Crippen LogP contribution in [0.25, 0.3) is 0 Å². The SMILES string of the molecule is OC1CCCN(C2CSCCN2)C1. The van der Waals surface area contributed by atoms with Crippen LogP contribution in [0.2, 0.25) is 0 Å². The van der Waals surface area contributed by atoms with Gasteiger partial charge in [0, 0.05) is 24.6 Å². The molecule has 0 amide bonds. The fraction of sp³-hybridized carbons (Fsp3) is 1.00. The van der Waals surface area contributed by atoms with Gasteiger partial charge in [0.25, 0.3) is 0 Å². The van der Waals surface area contributed by atoms with Gasteiger partial charge in [-0.3, -0.25) is 4.90 Å². The molecule has 0 radical (unpaired) electrons. The van der Waals surface area contributed by atoms with Gasteiger partial charge in [-0.25, -0.2) is 0 Å². The zero-order chi connectivity index (χ0) is 9.10. The van der Waals surface area contributed by atoms with Crippen molar-refractivity contribution < 1.29 is 5.11 Å². The molecule has 2 unspecified atom stereocenters. The molecular weight excluding hydrogens is 184 g/mol. The van der Waals surface area contributed by atoms with Gasteiger partial charge in [-0.2, -0.15) is 11.8 Å². The lowest BCUT2D eigenvalue weighted by molar-refractivity contribution is 0.0432. The third-order valence-corrected chi connectivity index (χ3v) is 3.82. The molecule has 0 saturated carbocycles. The predicted octanol–water partition coefficient (Wildman–Crippen LogP) is 0.106. The number of β-amino-alcohol motifs (C(OH)–C–C–N with tert-alkyl or cyclic N) is 1. The molecule has 0 aromatic rings. The van der Waals surface area contributed by atoms with Crippen LogP contribution in [0, 0.1) is 0 Å². The van der Waals surface area contributed by atoms with E-state index in [1.165, 1.54) is 11.5 Å². The van der Waals surface area contributed by atoms with Gasteiger partial charge < -0.3 is 10.4 Å². The number of aliphatic hydroxyl groups is 1. The molecule has 2 aliphatic rings. The van der Waals surface area contributed by atoms with E-state index in [0.717, 1.165) is 32.5 Å². The zero-order valence-corrected chi connectivity index (χ0v) is 8.72. The molecular formula is C9H18N2OS. The first-order valence-electron chi connectivity index (χ1n) is 5.09. The van der Waals surface area contributed by atoms with Crippen LogP contribution in [0.1, 0.15) is 12.8 Å². The molecule has 2 N–H and O–H groups in total. The lowest BCUT2D eigenvalue weighted by Gasteiger charge is -2.38. The van der Waals surface area contributed by atoms with Crippen molar-refractivity contribution in [1.82, 2.24) is 10.2 Å². The minimum absolute atomic E-state index is 0.0949. The monoisotopic (exact) mass is 202 g/mol. The summed E-state index contributed by atoms with van der Waals surface area (Å²) in [4.78, 5) is 2.39. The third kappa shape index (κ3) is 2.59. The standard InChI is InChI=1S/C9H18N2OS/c12-8-2-1-4-11(6-8)9-7-13-5-3-10-9/h8-10,12H,1-7H2. The smallest absolute Gasteiger partial charge is 0.0691 e. The number of thioether (sulfide) groups is 1. The Balaban J connectivity index is 1.83. The molecule has 0 bridgehead atoms. The number of hydrogen-bond donors (Lipinski definition) is 2. The largest absolute Gasteiger partial charge is 0.392 e. The fourth-order valence-electron chi connectivity index (χ4n) is 2.05. The van der Waals surface area contributed by atoms with E-state index >= 15 is 0 Å². The maximum Gasteiger partial charge on any atom is 0.0691 e. The Kier molecular flexibility index (Phi) is 3.49. The van der Waals surface area contributed by atoms with Crippen molar-refractivity contribution in [3.05, 3.63) is 0 Å². The number of rotatable bonds is 1. The van der Waals surface area contributed by atoms with Crippen molar-refractivity contribution in [2.45, 2.75) is 25.1 Å². The summed E-state index contributed by atoms with van der Waals surface area (Å²) in [5.41, 5.74) is 0. The lowest BCUT2D eigenvalue weighted by Crippen LogP contribution is -2.54. The molecule has 2 rings (SSSR count). The first-order chi connectivity index (χ1) is 6.36. The van der Waals surface area contributed by atoms with Crippen molar-refractivity contribution in [2.24, 2.45) is 0 Å². The average molecular weight is 202 g/mol. The van der Waals surface area contributed by atoms with Gasteiger partial charge >= 0.3 is 0 Å². The molecule has 0 aromatic heterocycles. The molecule has 0 spiro atoms. The predicted molar refractivity (Wildman–Crippen MR) is 55.9 cm³/mol. The maximum absolute atomic E-state index is 9.53. The normalized spacial score (nSPS) is 37.6. The highest BCUT2D eigenvalue weighted by Crippen LogP contribution is 2.16. The Hall–Kier alpha value is 0.230. The fourth-order valence-corrected chi connectivity index (χ4v) is 3.03. The summed E-state index contributed by atoms with van der Waals surface area (Å²) in [5.74, 6) is 2.40. The van der Waals surface area contributed by atoms with Crippen molar-refractivity contribution in [3.63, 3.8) is 0 Å². The molecule has 4 heteroatoms. The van der Waals surface area contributed by atoms with Crippen molar-refractivity contribution in [1.29, 1.82) is 0 Å². The number of piperidine rings is 1. The quantitative estimate of drug-likeness (QED) is 0.632. The first-order valence-corrected chi connectivity index (χ1v) is 6.25. The number of nitrogens with one attached hydrogen (secondary N) is 1. The summed E-state index contributed by atoms with van der Waals surface area (Å²) in [7, 11) is 0. The van der Waals surface area contributed by atoms with E-state index in [1.54, 1.807) is 0 Å². The molecule has 3 nitrogen and oxygen atoms in total. The van der Waals surface area contributed by atoms with E-state index in [2.05, 4.69) is 10.2 Å². The molecule has 2 aliphatic heterocycles. The van der Waals surface area contributed by atoms with Crippen LogP contribution < -0.4 is 5.32 Å². The third-order valence-electron chi connectivity index (χ3n) is 2.77. The van der Waals surface area contributed by atoms with Gasteiger partial charge in [-0.1, -0.05) is 0 Å². The van der Waals surface area contributed by atoms with Crippen LogP contribution >= 0.6 is 11.8 Å². The van der Waals surface area contributed by atoms with Crippen LogP contribution in [0.3, 0.4) is 0 Å². The molecule has 2 saturated heterocycles. The Bertz CT molecular complexity index is 162. The molecule has 0 aromatic carbocycles. The van der Waals surface area contributed by atoms with Gasteiger partial charge in [0.05, 0.1) is 12.3 Å². The summed E-state index contributed by atoms with van der Waals surface area (Å²) in [6, 6.07) is 0. The van der Waals surface area contributed by atoms with E-state index in [4.69, 9.17) is 0 Å². The Morgan fingerprint density at radius 3 is 3.08 bits per heavy atom. The summed E-state index contributed by atoms with van der Waals surface area (Å²) in [6.07, 6.45) is 2.54. The van der Waals surface area contributed by atoms with Crippen LogP contribution in [0.4, 0.5) is 0 Å². The van der Waals surface area contributed by atoms with Crippen molar-refractivity contribution in [3.8, 4) is 0 Å². The second-order valence-electron chi connectivity index (χ2n) is 3.84. The molecule has 0 aliphatic carbocycles. The number of aliphatic hydroxyl groups excluding tert-OH is 1. The number of likely N-dealkylation sites (tertiary alicyclic amines) is 1. The lowest BCUT2D eigenvalue weighted by atomic mass is 10.1. The van der Waals surface area contributed by atoms with E-state index in [0.29, 0.717) is 6.17 Å². The van der Waals surface area contributed by atoms with Crippen molar-refractivity contribution >= 4 is 11.8 Å². The molecule has 76 valence electrons. The van der Waals surface area contributed by atoms with Gasteiger partial charge in [0.15, 0.2) is 0 Å². The molecule has 2 heterocycles. The van der Waals surface area contributed by atoms with E-state index in [9.17, 15) is 5.11 Å². The molecule has 13 heavy (non-hydrogen) atoms. The van der Waals surface area contributed by atoms with E-state index < -0.39 is 0 Å². The first kappa shape index (κ1) is 9.77. The topological polar surface area (TPSA) is 35.5 Å². The van der Waals surface area contributed by atoms with Crippen LogP contribution in [0.5, 0.6) is 0 Å². The molecule has 2 atom stereocenters. The summed E-state index contributed by atoms with van der Waals surface area (Å²) < 4.78 is 0. The highest BCUT2D eigenvalue weighted by atomic mass is 32.2. The second-order valence-corrected chi connectivity index (χ2v) is 4.99. The van der Waals surface area contributed by atoms with Gasteiger partial charge in [-0.15, -0.1) is 0 Å². The van der Waals surface area contributed by atoms with E-state index in [1.807, 2.05) is 11.8 Å². The van der Waals surface area contributed by atoms with E-state index in [-0.39, 0.29) is 6.10 Å². The average Bonchev–Trinajstić information content (AvgIpc) is 2.19. The van der Waals surface area contributed by atoms with Gasteiger partial charge in [-0.05, 0) is 19.4 Å². The molecule has 2 fully saturated rings. The van der Waals surface area contributed by atoms with Crippen LogP contribution in [0.15, 0.2) is 0 Å². The summed E-state index contributed by atoms with van der Waals surface area (Å²) >= 11 is 2.01. The zero-order valence-electron chi connectivity index (χ0n) is 7.91. The van der Waals surface area contributed by atoms with Crippen LogP contribution in [-0.4, -0.2) is 53.4 Å². The Labute approximate surface area is 83.9 Å². The van der Waals surface area contributed by atoms with Crippen molar-refractivity contribution in [2.75, 3.05) is 31.1 Å². The van der Waals surface area contributed by atoms with Gasteiger partial charge in [0.1, 0.15) is 0 Å². The van der Waals surface area contributed by atoms with Crippen LogP contribution in [-0.2, 0) is 0 Å². The Morgan fingerprint density at radius 1 is 1.46 bits per heavy atom. The summed E-state index contributed by atoms with van der Waals surface area (Å²) in [6.45, 7) is 3.12. The Morgan fingerprint density at radius 2 is 2.38 bits per heavy atom. The minimum Gasteiger partial charge on any atom is -0.392 e. The van der Waals surface area contributed by atoms with Gasteiger partial charge in [0.2, 0.25) is 0 Å². The minimum atomic E-state index is -0.0949. The maximum atomic E-state index is 9.53. The highest BCUT2D eigenvalue weighted by Gasteiger charge is 2.25. The number of nitrogens with zero attached hydrogens (tertiary/aromatic N) is 1. The second kappa shape index (κ2) is 4.64. The highest BCUT2D eigenvalue weighted by molar-refractivity contribution is 7.99. The number of hydrogen-bond acceptors (Lipinski definition) is 4. The summed E-state index contributed by atoms with van der Waals surface area (Å²) in [5, 5.41) is 13.0.